The summed E-state index contributed by atoms with van der Waals surface area (Å²) in [5.74, 6) is 1.01. The Morgan fingerprint density at radius 2 is 1.30 bits per heavy atom. The molecule has 2 aromatic rings. The first-order valence-corrected chi connectivity index (χ1v) is 5.93. The lowest BCUT2D eigenvalue weighted by Gasteiger charge is -1.99. The molecule has 0 heterocycles. The molecular weight excluding hydrogens is 260 g/mol. The number of para-hydroxylation sites is 3. The van der Waals surface area contributed by atoms with E-state index in [1.165, 1.54) is 7.11 Å². The Kier molecular flexibility index (Phi) is 10.5. The second-order valence-corrected chi connectivity index (χ2v) is 3.45. The van der Waals surface area contributed by atoms with E-state index in [4.69, 9.17) is 25.2 Å². The average molecular weight is 280 g/mol. The van der Waals surface area contributed by atoms with E-state index in [0.717, 1.165) is 0 Å². The van der Waals surface area contributed by atoms with Gasteiger partial charge in [-0.15, -0.1) is 0 Å². The number of ether oxygens (including phenoxy) is 1. The molecule has 0 aromatic heterocycles. The standard InChI is InChI=1S/C7H8O2.C6H6O.C2H6O2/c1-9-7-5-3-2-4-6(7)8;7-6-4-2-1-3-5-6;3-1-2-4/h2-5,8H,1H3;1-5,7H;3-4H,1-2H2. The van der Waals surface area contributed by atoms with Crippen LogP contribution in [-0.4, -0.2) is 40.7 Å². The normalized spacial score (nSPS) is 8.55. The largest absolute Gasteiger partial charge is 0.508 e. The second kappa shape index (κ2) is 11.8. The minimum Gasteiger partial charge on any atom is -0.508 e. The Balaban J connectivity index is 0.000000293. The van der Waals surface area contributed by atoms with E-state index in [1.54, 1.807) is 48.5 Å². The fourth-order valence-electron chi connectivity index (χ4n) is 1.06. The third-order valence-electron chi connectivity index (χ3n) is 1.94. The first kappa shape index (κ1) is 17.8. The number of methoxy groups -OCH3 is 1. The number of hydrogen-bond acceptors (Lipinski definition) is 5. The van der Waals surface area contributed by atoms with E-state index < -0.39 is 0 Å². The van der Waals surface area contributed by atoms with E-state index in [-0.39, 0.29) is 19.0 Å². The number of rotatable bonds is 2. The van der Waals surface area contributed by atoms with Crippen molar-refractivity contribution in [3.8, 4) is 17.2 Å². The van der Waals surface area contributed by atoms with Gasteiger partial charge in [0, 0.05) is 0 Å². The van der Waals surface area contributed by atoms with Crippen LogP contribution in [0.1, 0.15) is 0 Å². The van der Waals surface area contributed by atoms with E-state index in [2.05, 4.69) is 0 Å². The molecule has 0 atom stereocenters. The average Bonchev–Trinajstić information content (AvgIpc) is 2.49. The molecule has 2 rings (SSSR count). The van der Waals surface area contributed by atoms with Gasteiger partial charge in [-0.3, -0.25) is 0 Å². The summed E-state index contributed by atoms with van der Waals surface area (Å²) in [7, 11) is 1.52. The summed E-state index contributed by atoms with van der Waals surface area (Å²) < 4.78 is 4.79. The van der Waals surface area contributed by atoms with Gasteiger partial charge in [-0.25, -0.2) is 0 Å². The molecule has 5 heteroatoms. The van der Waals surface area contributed by atoms with Gasteiger partial charge >= 0.3 is 0 Å². The molecular formula is C15H20O5. The van der Waals surface area contributed by atoms with Crippen molar-refractivity contribution in [3.63, 3.8) is 0 Å². The Bertz CT molecular complexity index is 443. The highest BCUT2D eigenvalue weighted by Crippen LogP contribution is 2.22. The number of aliphatic hydroxyl groups is 2. The maximum Gasteiger partial charge on any atom is 0.160 e. The summed E-state index contributed by atoms with van der Waals surface area (Å²) in [4.78, 5) is 0. The van der Waals surface area contributed by atoms with Gasteiger partial charge in [0.05, 0.1) is 20.3 Å². The van der Waals surface area contributed by atoms with E-state index >= 15 is 0 Å². The third kappa shape index (κ3) is 8.79. The first-order valence-electron chi connectivity index (χ1n) is 5.93. The second-order valence-electron chi connectivity index (χ2n) is 3.45. The quantitative estimate of drug-likeness (QED) is 0.673. The lowest BCUT2D eigenvalue weighted by atomic mass is 10.3. The Morgan fingerprint density at radius 3 is 1.60 bits per heavy atom. The highest BCUT2D eigenvalue weighted by atomic mass is 16.5. The summed E-state index contributed by atoms with van der Waals surface area (Å²) in [6.07, 6.45) is 0. The van der Waals surface area contributed by atoms with Crippen molar-refractivity contribution in [2.24, 2.45) is 0 Å². The minimum atomic E-state index is -0.125. The zero-order chi connectivity index (χ0) is 15.2. The molecule has 0 unspecified atom stereocenters. The molecule has 4 N–H and O–H groups in total. The number of phenols is 2. The van der Waals surface area contributed by atoms with E-state index in [0.29, 0.717) is 11.5 Å². The molecule has 20 heavy (non-hydrogen) atoms. The molecule has 2 aromatic carbocycles. The van der Waals surface area contributed by atoms with Crippen molar-refractivity contribution in [3.05, 3.63) is 54.6 Å². The van der Waals surface area contributed by atoms with Gasteiger partial charge in [-0.05, 0) is 24.3 Å². The number of benzene rings is 2. The van der Waals surface area contributed by atoms with Gasteiger partial charge in [0.2, 0.25) is 0 Å². The van der Waals surface area contributed by atoms with Crippen LogP contribution in [0.15, 0.2) is 54.6 Å². The molecule has 0 aliphatic heterocycles. The predicted octanol–water partition coefficient (Wildman–Crippen LogP) is 1.76. The Labute approximate surface area is 118 Å². The van der Waals surface area contributed by atoms with Crippen molar-refractivity contribution in [2.75, 3.05) is 20.3 Å². The van der Waals surface area contributed by atoms with E-state index in [9.17, 15) is 0 Å². The molecule has 0 saturated carbocycles. The Hall–Kier alpha value is -2.24. The summed E-state index contributed by atoms with van der Waals surface area (Å²) in [6.45, 7) is -0.250. The van der Waals surface area contributed by atoms with Gasteiger partial charge in [0.1, 0.15) is 5.75 Å². The number of aliphatic hydroxyl groups excluding tert-OH is 2. The minimum absolute atomic E-state index is 0.125. The monoisotopic (exact) mass is 280 g/mol. The van der Waals surface area contributed by atoms with Gasteiger partial charge < -0.3 is 25.2 Å². The molecule has 0 aliphatic carbocycles. The van der Waals surface area contributed by atoms with Crippen molar-refractivity contribution < 1.29 is 25.2 Å². The zero-order valence-electron chi connectivity index (χ0n) is 11.3. The molecule has 0 bridgehead atoms. The number of phenolic OH excluding ortho intramolecular Hbond substituents is 2. The van der Waals surface area contributed by atoms with Crippen molar-refractivity contribution >= 4 is 0 Å². The number of aromatic hydroxyl groups is 2. The fourth-order valence-corrected chi connectivity index (χ4v) is 1.06. The van der Waals surface area contributed by atoms with E-state index in [1.807, 2.05) is 6.07 Å². The highest BCUT2D eigenvalue weighted by molar-refractivity contribution is 5.37. The summed E-state index contributed by atoms with van der Waals surface area (Å²) in [5, 5.41) is 32.9. The van der Waals surface area contributed by atoms with Crippen LogP contribution in [0, 0.1) is 0 Å². The molecule has 110 valence electrons. The SMILES string of the molecule is COc1ccccc1O.OCCO.Oc1ccccc1. The van der Waals surface area contributed by atoms with Crippen LogP contribution < -0.4 is 4.74 Å². The van der Waals surface area contributed by atoms with Crippen LogP contribution in [0.4, 0.5) is 0 Å². The van der Waals surface area contributed by atoms with Crippen molar-refractivity contribution in [1.82, 2.24) is 0 Å². The zero-order valence-corrected chi connectivity index (χ0v) is 11.3. The molecule has 0 saturated heterocycles. The van der Waals surface area contributed by atoms with Gasteiger partial charge in [-0.1, -0.05) is 30.3 Å². The van der Waals surface area contributed by atoms with Crippen LogP contribution >= 0.6 is 0 Å². The van der Waals surface area contributed by atoms with Crippen molar-refractivity contribution in [2.45, 2.75) is 0 Å². The van der Waals surface area contributed by atoms with Crippen LogP contribution in [0.5, 0.6) is 17.2 Å². The topological polar surface area (TPSA) is 90.2 Å². The summed E-state index contributed by atoms with van der Waals surface area (Å²) >= 11 is 0. The molecule has 0 aliphatic rings. The molecule has 0 spiro atoms. The molecule has 0 radical (unpaired) electrons. The van der Waals surface area contributed by atoms with Crippen molar-refractivity contribution in [1.29, 1.82) is 0 Å². The fraction of sp³-hybridized carbons (Fsp3) is 0.200. The molecule has 5 nitrogen and oxygen atoms in total. The van der Waals surface area contributed by atoms with Crippen LogP contribution in [-0.2, 0) is 0 Å². The molecule has 0 amide bonds. The van der Waals surface area contributed by atoms with Crippen LogP contribution in [0.2, 0.25) is 0 Å². The number of hydrogen-bond donors (Lipinski definition) is 4. The van der Waals surface area contributed by atoms with Gasteiger partial charge in [-0.2, -0.15) is 0 Å². The lowest BCUT2D eigenvalue weighted by Crippen LogP contribution is -1.85. The predicted molar refractivity (Wildman–Crippen MR) is 76.9 cm³/mol. The van der Waals surface area contributed by atoms with Crippen LogP contribution in [0.3, 0.4) is 0 Å². The Morgan fingerprint density at radius 1 is 0.800 bits per heavy atom. The van der Waals surface area contributed by atoms with Crippen LogP contribution in [0.25, 0.3) is 0 Å². The lowest BCUT2D eigenvalue weighted by molar-refractivity contribution is 0.186. The highest BCUT2D eigenvalue weighted by Gasteiger charge is 1.94. The summed E-state index contributed by atoms with van der Waals surface area (Å²) in [6, 6.07) is 15.6. The van der Waals surface area contributed by atoms with Gasteiger partial charge in [0.25, 0.3) is 0 Å². The maximum atomic E-state index is 8.99. The third-order valence-corrected chi connectivity index (χ3v) is 1.94. The maximum absolute atomic E-state index is 8.99. The first-order chi connectivity index (χ1) is 9.65. The smallest absolute Gasteiger partial charge is 0.160 e. The van der Waals surface area contributed by atoms with Gasteiger partial charge in [0.15, 0.2) is 11.5 Å². The molecule has 0 fully saturated rings. The summed E-state index contributed by atoms with van der Waals surface area (Å²) in [5.41, 5.74) is 0.